The molecule has 0 radical (unpaired) electrons. The Morgan fingerprint density at radius 3 is 2.14 bits per heavy atom. The molecule has 0 aromatic heterocycles. The maximum atomic E-state index is 13.6. The molecule has 0 aliphatic rings. The standard InChI is InChI=1S/C26H28ClN3O4S/c1-19-14-15-22(16-24(19)27)30(35(33,34)23-12-8-5-9-13-23)18-25(31)29(20(2)26(32)28-3)17-21-10-6-4-7-11-21/h4-16,20H,17-18H2,1-3H3,(H,28,32)/t20-/m1/s1. The Morgan fingerprint density at radius 1 is 0.971 bits per heavy atom. The highest BCUT2D eigenvalue weighted by Gasteiger charge is 2.32. The lowest BCUT2D eigenvalue weighted by atomic mass is 10.1. The molecular formula is C26H28ClN3O4S. The summed E-state index contributed by atoms with van der Waals surface area (Å²) in [5.74, 6) is -0.883. The van der Waals surface area contributed by atoms with Crippen LogP contribution >= 0.6 is 11.6 Å². The van der Waals surface area contributed by atoms with E-state index in [9.17, 15) is 18.0 Å². The van der Waals surface area contributed by atoms with Crippen molar-refractivity contribution in [3.05, 3.63) is 95.0 Å². The summed E-state index contributed by atoms with van der Waals surface area (Å²) in [7, 11) is -2.62. The Balaban J connectivity index is 2.04. The third-order valence-electron chi connectivity index (χ3n) is 5.66. The number of carbonyl (C=O) groups excluding carboxylic acids is 2. The zero-order chi connectivity index (χ0) is 25.6. The van der Waals surface area contributed by atoms with E-state index in [2.05, 4.69) is 5.32 Å². The Bertz CT molecular complexity index is 1280. The second-order valence-corrected chi connectivity index (χ2v) is 10.3. The van der Waals surface area contributed by atoms with Crippen molar-refractivity contribution >= 4 is 39.1 Å². The van der Waals surface area contributed by atoms with Gasteiger partial charge in [0.15, 0.2) is 0 Å². The number of benzene rings is 3. The molecule has 0 spiro atoms. The lowest BCUT2D eigenvalue weighted by Gasteiger charge is -2.31. The molecule has 184 valence electrons. The van der Waals surface area contributed by atoms with Crippen molar-refractivity contribution in [1.82, 2.24) is 10.2 Å². The maximum Gasteiger partial charge on any atom is 0.264 e. The Hall–Kier alpha value is -3.36. The van der Waals surface area contributed by atoms with Crippen molar-refractivity contribution in [2.75, 3.05) is 17.9 Å². The molecule has 3 aromatic rings. The summed E-state index contributed by atoms with van der Waals surface area (Å²) in [6.07, 6.45) is 0. The van der Waals surface area contributed by atoms with Crippen LogP contribution in [0.15, 0.2) is 83.8 Å². The summed E-state index contributed by atoms with van der Waals surface area (Å²) < 4.78 is 28.3. The summed E-state index contributed by atoms with van der Waals surface area (Å²) in [5, 5.41) is 2.94. The van der Waals surface area contributed by atoms with Crippen LogP contribution in [-0.2, 0) is 26.2 Å². The number of amides is 2. The van der Waals surface area contributed by atoms with Gasteiger partial charge in [-0.2, -0.15) is 0 Å². The number of sulfonamides is 1. The average molecular weight is 514 g/mol. The van der Waals surface area contributed by atoms with Gasteiger partial charge in [-0.1, -0.05) is 66.2 Å². The number of carbonyl (C=O) groups is 2. The van der Waals surface area contributed by atoms with Crippen LogP contribution in [0.25, 0.3) is 0 Å². The van der Waals surface area contributed by atoms with Gasteiger partial charge in [-0.25, -0.2) is 8.42 Å². The molecule has 0 saturated heterocycles. The molecule has 0 fully saturated rings. The molecule has 35 heavy (non-hydrogen) atoms. The van der Waals surface area contributed by atoms with Gasteiger partial charge in [0.2, 0.25) is 11.8 Å². The molecule has 3 rings (SSSR count). The Kier molecular flexibility index (Phi) is 8.53. The van der Waals surface area contributed by atoms with Crippen molar-refractivity contribution in [2.45, 2.75) is 31.3 Å². The Labute approximate surface area is 211 Å². The predicted octanol–water partition coefficient (Wildman–Crippen LogP) is 4.01. The van der Waals surface area contributed by atoms with E-state index >= 15 is 0 Å². The summed E-state index contributed by atoms with van der Waals surface area (Å²) in [6, 6.07) is 21.1. The van der Waals surface area contributed by atoms with E-state index in [0.29, 0.717) is 5.02 Å². The zero-order valence-corrected chi connectivity index (χ0v) is 21.4. The molecule has 0 aliphatic carbocycles. The van der Waals surface area contributed by atoms with Gasteiger partial charge in [-0.15, -0.1) is 0 Å². The smallest absolute Gasteiger partial charge is 0.264 e. The number of hydrogen-bond donors (Lipinski definition) is 1. The van der Waals surface area contributed by atoms with Crippen molar-refractivity contribution in [2.24, 2.45) is 0 Å². The fourth-order valence-electron chi connectivity index (χ4n) is 3.56. The van der Waals surface area contributed by atoms with E-state index in [4.69, 9.17) is 11.6 Å². The van der Waals surface area contributed by atoms with E-state index in [1.54, 1.807) is 44.2 Å². The summed E-state index contributed by atoms with van der Waals surface area (Å²) in [4.78, 5) is 27.5. The van der Waals surface area contributed by atoms with E-state index in [-0.39, 0.29) is 23.0 Å². The van der Waals surface area contributed by atoms with Crippen LogP contribution in [0.3, 0.4) is 0 Å². The van der Waals surface area contributed by atoms with Gasteiger partial charge in [0, 0.05) is 18.6 Å². The van der Waals surface area contributed by atoms with Crippen LogP contribution in [0, 0.1) is 6.92 Å². The molecular weight excluding hydrogens is 486 g/mol. The lowest BCUT2D eigenvalue weighted by Crippen LogP contribution is -2.50. The molecule has 9 heteroatoms. The van der Waals surface area contributed by atoms with Crippen LogP contribution in [0.2, 0.25) is 5.02 Å². The average Bonchev–Trinajstić information content (AvgIpc) is 2.87. The molecule has 0 bridgehead atoms. The number of nitrogens with zero attached hydrogens (tertiary/aromatic N) is 2. The zero-order valence-electron chi connectivity index (χ0n) is 19.8. The van der Waals surface area contributed by atoms with Crippen LogP contribution in [-0.4, -0.2) is 44.8 Å². The molecule has 3 aromatic carbocycles. The third kappa shape index (κ3) is 6.21. The summed E-state index contributed by atoms with van der Waals surface area (Å²) in [5.41, 5.74) is 1.84. The van der Waals surface area contributed by atoms with Gasteiger partial charge in [-0.3, -0.25) is 13.9 Å². The summed E-state index contributed by atoms with van der Waals surface area (Å²) in [6.45, 7) is 3.05. The number of rotatable bonds is 9. The molecule has 0 heterocycles. The number of halogens is 1. The predicted molar refractivity (Wildman–Crippen MR) is 138 cm³/mol. The van der Waals surface area contributed by atoms with Crippen LogP contribution < -0.4 is 9.62 Å². The maximum absolute atomic E-state index is 13.6. The minimum Gasteiger partial charge on any atom is -0.357 e. The largest absolute Gasteiger partial charge is 0.357 e. The second-order valence-electron chi connectivity index (χ2n) is 8.06. The highest BCUT2D eigenvalue weighted by atomic mass is 35.5. The highest BCUT2D eigenvalue weighted by molar-refractivity contribution is 7.92. The first-order valence-corrected chi connectivity index (χ1v) is 12.9. The third-order valence-corrected chi connectivity index (χ3v) is 7.86. The minimum absolute atomic E-state index is 0.0402. The number of nitrogens with one attached hydrogen (secondary N) is 1. The quantitative estimate of drug-likeness (QED) is 0.468. The van der Waals surface area contributed by atoms with Crippen molar-refractivity contribution < 1.29 is 18.0 Å². The molecule has 0 aliphatic heterocycles. The molecule has 2 amide bonds. The second kappa shape index (κ2) is 11.4. The van der Waals surface area contributed by atoms with E-state index in [0.717, 1.165) is 15.4 Å². The van der Waals surface area contributed by atoms with E-state index in [1.165, 1.54) is 30.1 Å². The number of hydrogen-bond acceptors (Lipinski definition) is 4. The van der Waals surface area contributed by atoms with E-state index in [1.807, 2.05) is 30.3 Å². The molecule has 7 nitrogen and oxygen atoms in total. The first-order valence-electron chi connectivity index (χ1n) is 11.0. The van der Waals surface area contributed by atoms with Gasteiger partial charge >= 0.3 is 0 Å². The minimum atomic E-state index is -4.11. The van der Waals surface area contributed by atoms with Crippen molar-refractivity contribution in [3.63, 3.8) is 0 Å². The SMILES string of the molecule is CNC(=O)[C@@H](C)N(Cc1ccccc1)C(=O)CN(c1ccc(C)c(Cl)c1)S(=O)(=O)c1ccccc1. The lowest BCUT2D eigenvalue weighted by molar-refractivity contribution is -0.139. The Morgan fingerprint density at radius 2 is 1.57 bits per heavy atom. The summed E-state index contributed by atoms with van der Waals surface area (Å²) >= 11 is 6.30. The van der Waals surface area contributed by atoms with Gasteiger partial charge < -0.3 is 10.2 Å². The molecule has 1 atom stereocenters. The molecule has 0 saturated carbocycles. The number of likely N-dealkylation sites (N-methyl/N-ethyl adjacent to an activating group) is 1. The number of aryl methyl sites for hydroxylation is 1. The van der Waals surface area contributed by atoms with E-state index < -0.39 is 28.5 Å². The van der Waals surface area contributed by atoms with Crippen LogP contribution in [0.4, 0.5) is 5.69 Å². The number of anilines is 1. The van der Waals surface area contributed by atoms with Crippen LogP contribution in [0.1, 0.15) is 18.1 Å². The van der Waals surface area contributed by atoms with Crippen LogP contribution in [0.5, 0.6) is 0 Å². The fourth-order valence-corrected chi connectivity index (χ4v) is 5.16. The van der Waals surface area contributed by atoms with Crippen molar-refractivity contribution in [1.29, 1.82) is 0 Å². The first kappa shape index (κ1) is 26.2. The molecule has 0 unspecified atom stereocenters. The topological polar surface area (TPSA) is 86.8 Å². The normalized spacial score (nSPS) is 12.0. The monoisotopic (exact) mass is 513 g/mol. The van der Waals surface area contributed by atoms with Gasteiger partial charge in [-0.05, 0) is 49.2 Å². The van der Waals surface area contributed by atoms with Crippen molar-refractivity contribution in [3.8, 4) is 0 Å². The highest BCUT2D eigenvalue weighted by Crippen LogP contribution is 2.28. The fraction of sp³-hybridized carbons (Fsp3) is 0.231. The van der Waals surface area contributed by atoms with Gasteiger partial charge in [0.25, 0.3) is 10.0 Å². The van der Waals surface area contributed by atoms with Gasteiger partial charge in [0.05, 0.1) is 10.6 Å². The van der Waals surface area contributed by atoms with Gasteiger partial charge in [0.1, 0.15) is 12.6 Å². The molecule has 1 N–H and O–H groups in total. The first-order chi connectivity index (χ1) is 16.6.